The molecular formula is C9H2BrCl3OS2. The van der Waals surface area contributed by atoms with E-state index in [0.717, 1.165) is 3.79 Å². The fourth-order valence-corrected chi connectivity index (χ4v) is 4.20. The summed E-state index contributed by atoms with van der Waals surface area (Å²) in [6.45, 7) is 0. The van der Waals surface area contributed by atoms with E-state index in [4.69, 9.17) is 34.8 Å². The van der Waals surface area contributed by atoms with E-state index in [1.807, 2.05) is 0 Å². The lowest BCUT2D eigenvalue weighted by atomic mass is 10.2. The molecule has 0 N–H and O–H groups in total. The van der Waals surface area contributed by atoms with Crippen molar-refractivity contribution in [2.45, 2.75) is 0 Å². The molecule has 0 saturated carbocycles. The van der Waals surface area contributed by atoms with Gasteiger partial charge in [-0.1, -0.05) is 34.8 Å². The maximum absolute atomic E-state index is 12.0. The van der Waals surface area contributed by atoms with Gasteiger partial charge in [-0.05, 0) is 28.1 Å². The maximum Gasteiger partial charge on any atom is 0.205 e. The molecule has 0 atom stereocenters. The maximum atomic E-state index is 12.0. The zero-order valence-electron chi connectivity index (χ0n) is 7.39. The summed E-state index contributed by atoms with van der Waals surface area (Å²) in [5, 5.41) is 0.519. The molecule has 2 rings (SSSR count). The largest absolute Gasteiger partial charge is 0.288 e. The highest BCUT2D eigenvalue weighted by Gasteiger charge is 2.19. The van der Waals surface area contributed by atoms with Gasteiger partial charge in [0.15, 0.2) is 0 Å². The van der Waals surface area contributed by atoms with Gasteiger partial charge < -0.3 is 0 Å². The van der Waals surface area contributed by atoms with Crippen molar-refractivity contribution < 1.29 is 4.79 Å². The van der Waals surface area contributed by atoms with E-state index in [1.54, 1.807) is 12.1 Å². The van der Waals surface area contributed by atoms with Crippen molar-refractivity contribution in [1.82, 2.24) is 0 Å². The first-order valence-corrected chi connectivity index (χ1v) is 7.49. The van der Waals surface area contributed by atoms with Crippen molar-refractivity contribution >= 4 is 79.2 Å². The van der Waals surface area contributed by atoms with Crippen LogP contribution in [0, 0.1) is 0 Å². The number of ketones is 1. The zero-order valence-corrected chi connectivity index (χ0v) is 12.9. The van der Waals surface area contributed by atoms with E-state index >= 15 is 0 Å². The highest BCUT2D eigenvalue weighted by Crippen LogP contribution is 2.37. The quantitative estimate of drug-likeness (QED) is 0.609. The summed E-state index contributed by atoms with van der Waals surface area (Å²) >= 11 is 23.3. The summed E-state index contributed by atoms with van der Waals surface area (Å²) < 4.78 is 1.63. The summed E-state index contributed by atoms with van der Waals surface area (Å²) in [5.41, 5.74) is 0.419. The molecule has 0 bridgehead atoms. The van der Waals surface area contributed by atoms with Gasteiger partial charge in [0, 0.05) is 0 Å². The summed E-state index contributed by atoms with van der Waals surface area (Å²) in [4.78, 5) is 12.6. The Morgan fingerprint density at radius 2 is 1.88 bits per heavy atom. The molecule has 84 valence electrons. The smallest absolute Gasteiger partial charge is 0.205 e. The minimum Gasteiger partial charge on any atom is -0.288 e. The average Bonchev–Trinajstić information content (AvgIpc) is 2.70. The molecule has 0 unspecified atom stereocenters. The van der Waals surface area contributed by atoms with Gasteiger partial charge in [0.25, 0.3) is 0 Å². The van der Waals surface area contributed by atoms with Gasteiger partial charge in [-0.3, -0.25) is 4.79 Å². The molecule has 1 nitrogen and oxygen atoms in total. The topological polar surface area (TPSA) is 17.1 Å². The third-order valence-corrected chi connectivity index (χ3v) is 5.73. The molecule has 0 radical (unpaired) electrons. The van der Waals surface area contributed by atoms with Crippen LogP contribution in [0.25, 0.3) is 0 Å². The minimum absolute atomic E-state index is 0.161. The molecule has 2 heterocycles. The molecular weight excluding hydrogens is 374 g/mol. The highest BCUT2D eigenvalue weighted by atomic mass is 79.9. The Bertz CT molecular complexity index is 542. The van der Waals surface area contributed by atoms with Crippen LogP contribution in [0.3, 0.4) is 0 Å². The van der Waals surface area contributed by atoms with Crippen LogP contribution in [-0.4, -0.2) is 5.78 Å². The fourth-order valence-electron chi connectivity index (χ4n) is 1.09. The Morgan fingerprint density at radius 3 is 2.31 bits per heavy atom. The number of halogens is 4. The van der Waals surface area contributed by atoms with Crippen LogP contribution in [-0.2, 0) is 0 Å². The molecule has 2 aromatic rings. The lowest BCUT2D eigenvalue weighted by Crippen LogP contribution is -1.96. The minimum atomic E-state index is -0.161. The Balaban J connectivity index is 2.42. The van der Waals surface area contributed by atoms with E-state index in [2.05, 4.69) is 15.9 Å². The summed E-state index contributed by atoms with van der Waals surface area (Å²) in [7, 11) is 0. The predicted octanol–water partition coefficient (Wildman–Crippen LogP) is 5.76. The standard InChI is InChI=1S/C9H2BrCl3OS2/c10-8-4(11)2-5(15-8)7(14)3-1-6(12)16-9(3)13/h1-2H. The van der Waals surface area contributed by atoms with Crippen LogP contribution in [0.1, 0.15) is 15.2 Å². The SMILES string of the molecule is O=C(c1cc(Cl)c(Br)s1)c1cc(Cl)sc1Cl. The van der Waals surface area contributed by atoms with E-state index in [1.165, 1.54) is 22.7 Å². The van der Waals surface area contributed by atoms with Crippen LogP contribution in [0.2, 0.25) is 13.7 Å². The van der Waals surface area contributed by atoms with E-state index in [0.29, 0.717) is 24.1 Å². The number of thiophene rings is 2. The van der Waals surface area contributed by atoms with Gasteiger partial charge in [-0.15, -0.1) is 22.7 Å². The van der Waals surface area contributed by atoms with Crippen molar-refractivity contribution in [1.29, 1.82) is 0 Å². The summed E-state index contributed by atoms with van der Waals surface area (Å²) in [6.07, 6.45) is 0. The Hall–Kier alpha value is 0.420. The van der Waals surface area contributed by atoms with Gasteiger partial charge in [-0.25, -0.2) is 0 Å². The molecule has 0 fully saturated rings. The zero-order chi connectivity index (χ0) is 11.9. The van der Waals surface area contributed by atoms with Gasteiger partial charge in [-0.2, -0.15) is 0 Å². The number of carbonyl (C=O) groups is 1. The van der Waals surface area contributed by atoms with Crippen molar-refractivity contribution in [3.63, 3.8) is 0 Å². The lowest BCUT2D eigenvalue weighted by molar-refractivity contribution is 0.104. The van der Waals surface area contributed by atoms with Crippen molar-refractivity contribution in [3.05, 3.63) is 40.1 Å². The first-order valence-electron chi connectivity index (χ1n) is 3.93. The molecule has 2 aromatic heterocycles. The van der Waals surface area contributed by atoms with Crippen LogP contribution in [0.15, 0.2) is 15.9 Å². The highest BCUT2D eigenvalue weighted by molar-refractivity contribution is 9.11. The molecule has 0 aliphatic carbocycles. The van der Waals surface area contributed by atoms with Crippen LogP contribution < -0.4 is 0 Å². The first-order chi connectivity index (χ1) is 7.49. The summed E-state index contributed by atoms with van der Waals surface area (Å²) in [5.74, 6) is -0.161. The van der Waals surface area contributed by atoms with Gasteiger partial charge in [0.1, 0.15) is 4.34 Å². The molecule has 0 saturated heterocycles. The fraction of sp³-hybridized carbons (Fsp3) is 0. The molecule has 0 amide bonds. The molecule has 0 aliphatic rings. The second-order valence-electron chi connectivity index (χ2n) is 2.80. The average molecular weight is 377 g/mol. The molecule has 0 aliphatic heterocycles. The molecule has 0 aromatic carbocycles. The van der Waals surface area contributed by atoms with E-state index in [-0.39, 0.29) is 5.78 Å². The summed E-state index contributed by atoms with van der Waals surface area (Å²) in [6, 6.07) is 3.18. The number of hydrogen-bond donors (Lipinski definition) is 0. The van der Waals surface area contributed by atoms with Gasteiger partial charge in [0.2, 0.25) is 5.78 Å². The predicted molar refractivity (Wildman–Crippen MR) is 74.8 cm³/mol. The first kappa shape index (κ1) is 12.9. The van der Waals surface area contributed by atoms with Crippen LogP contribution >= 0.6 is 73.4 Å². The van der Waals surface area contributed by atoms with Gasteiger partial charge >= 0.3 is 0 Å². The van der Waals surface area contributed by atoms with Crippen LogP contribution in [0.4, 0.5) is 0 Å². The van der Waals surface area contributed by atoms with Crippen molar-refractivity contribution in [3.8, 4) is 0 Å². The number of rotatable bonds is 2. The third kappa shape index (κ3) is 2.47. The second-order valence-corrected chi connectivity index (χ2v) is 7.86. The Morgan fingerprint density at radius 1 is 1.19 bits per heavy atom. The molecule has 7 heteroatoms. The third-order valence-electron chi connectivity index (χ3n) is 1.77. The van der Waals surface area contributed by atoms with E-state index < -0.39 is 0 Å². The monoisotopic (exact) mass is 374 g/mol. The van der Waals surface area contributed by atoms with Crippen molar-refractivity contribution in [2.75, 3.05) is 0 Å². The van der Waals surface area contributed by atoms with Crippen LogP contribution in [0.5, 0.6) is 0 Å². The number of hydrogen-bond acceptors (Lipinski definition) is 3. The number of carbonyl (C=O) groups excluding carboxylic acids is 1. The Labute approximate surface area is 123 Å². The normalized spacial score (nSPS) is 10.8. The van der Waals surface area contributed by atoms with Gasteiger partial charge in [0.05, 0.1) is 23.6 Å². The van der Waals surface area contributed by atoms with E-state index in [9.17, 15) is 4.79 Å². The lowest BCUT2D eigenvalue weighted by Gasteiger charge is -1.93. The molecule has 0 spiro atoms. The molecule has 16 heavy (non-hydrogen) atoms. The second kappa shape index (κ2) is 4.96. The van der Waals surface area contributed by atoms with Crippen molar-refractivity contribution in [2.24, 2.45) is 0 Å². The Kier molecular flexibility index (Phi) is 3.99.